The number of ether oxygens (including phenoxy) is 3. The minimum atomic E-state index is -0.520. The maximum Gasteiger partial charge on any atom is 0.410 e. The van der Waals surface area contributed by atoms with Gasteiger partial charge in [-0.3, -0.25) is 9.78 Å². The number of benzene rings is 1. The van der Waals surface area contributed by atoms with E-state index in [4.69, 9.17) is 24.2 Å². The number of fused-ring (bicyclic) bond motifs is 2. The van der Waals surface area contributed by atoms with Crippen LogP contribution in [0.4, 0.5) is 10.5 Å². The highest BCUT2D eigenvalue weighted by Crippen LogP contribution is 2.62. The number of aryl methyl sites for hydroxylation is 1. The van der Waals surface area contributed by atoms with Crippen LogP contribution in [0.1, 0.15) is 45.7 Å². The van der Waals surface area contributed by atoms with Crippen molar-refractivity contribution in [3.05, 3.63) is 73.2 Å². The van der Waals surface area contributed by atoms with Crippen LogP contribution in [0.25, 0.3) is 22.4 Å². The smallest absolute Gasteiger partial charge is 0.410 e. The molecule has 0 radical (unpaired) electrons. The van der Waals surface area contributed by atoms with Gasteiger partial charge in [-0.05, 0) is 70.0 Å². The normalized spacial score (nSPS) is 21.5. The summed E-state index contributed by atoms with van der Waals surface area (Å²) >= 11 is 0. The quantitative estimate of drug-likeness (QED) is 0.207. The van der Waals surface area contributed by atoms with E-state index in [1.54, 1.807) is 18.3 Å². The molecule has 1 aromatic carbocycles. The maximum absolute atomic E-state index is 13.6. The largest absolute Gasteiger partial charge is 0.497 e. The summed E-state index contributed by atoms with van der Waals surface area (Å²) < 4.78 is 19.5. The van der Waals surface area contributed by atoms with E-state index in [0.29, 0.717) is 50.0 Å². The third kappa shape index (κ3) is 6.11. The van der Waals surface area contributed by atoms with Crippen LogP contribution in [0.3, 0.4) is 0 Å². The fourth-order valence-corrected chi connectivity index (χ4v) is 7.32. The van der Waals surface area contributed by atoms with E-state index in [0.717, 1.165) is 34.5 Å². The van der Waals surface area contributed by atoms with Gasteiger partial charge in [-0.2, -0.15) is 0 Å². The Hall–Kier alpha value is -5.13. The maximum atomic E-state index is 13.6. The highest BCUT2D eigenvalue weighted by molar-refractivity contribution is 5.87. The first-order valence-corrected chi connectivity index (χ1v) is 17.2. The Balaban J connectivity index is 1.07. The standard InChI is InChI=1S/C38H45N7O5/c1-8-32(25-9-12-27(48-7)13-10-25)45-22-38(20-28(38)35(45)46)24(2)49-34-33-31(40-23-42(33)6)19-30(41-34)29-14-11-26(21-39-29)43-15-17-44(18-16-43)36(47)50-37(3,4)5/h8-14,19,21,23-24,28,32H,1,15-18,20,22H2,2-7H3/t24-,28?,32-,38?/m1/s1. The number of nitrogens with zero attached hydrogens (tertiary/aromatic N) is 7. The fourth-order valence-electron chi connectivity index (χ4n) is 7.32. The Labute approximate surface area is 292 Å². The summed E-state index contributed by atoms with van der Waals surface area (Å²) in [6.45, 7) is 14.8. The first-order chi connectivity index (χ1) is 23.9. The van der Waals surface area contributed by atoms with Crippen molar-refractivity contribution in [3.8, 4) is 23.0 Å². The van der Waals surface area contributed by atoms with Gasteiger partial charge in [0, 0.05) is 51.1 Å². The molecule has 3 aromatic heterocycles. The van der Waals surface area contributed by atoms with Crippen LogP contribution in [0, 0.1) is 11.3 Å². The lowest BCUT2D eigenvalue weighted by Crippen LogP contribution is -2.50. The average molecular weight is 680 g/mol. The number of aromatic nitrogens is 4. The van der Waals surface area contributed by atoms with Crippen molar-refractivity contribution in [2.75, 3.05) is 44.7 Å². The number of carbonyl (C=O) groups excluding carboxylic acids is 2. The lowest BCUT2D eigenvalue weighted by molar-refractivity contribution is -0.131. The number of hydrogen-bond donors (Lipinski definition) is 0. The molecule has 3 aliphatic rings. The molecule has 2 amide bonds. The summed E-state index contributed by atoms with van der Waals surface area (Å²) in [7, 11) is 3.56. The molecule has 50 heavy (non-hydrogen) atoms. The zero-order valence-corrected chi connectivity index (χ0v) is 29.6. The number of piperidine rings is 1. The fraction of sp³-hybridized carbons (Fsp3) is 0.447. The minimum absolute atomic E-state index is 0.108. The van der Waals surface area contributed by atoms with Gasteiger partial charge >= 0.3 is 6.09 Å². The van der Waals surface area contributed by atoms with Crippen molar-refractivity contribution in [2.45, 2.75) is 51.9 Å². The lowest BCUT2D eigenvalue weighted by Gasteiger charge is -2.36. The summed E-state index contributed by atoms with van der Waals surface area (Å²) in [5.74, 6) is 1.26. The number of rotatable bonds is 9. The molecule has 262 valence electrons. The molecule has 4 aromatic rings. The number of amides is 2. The van der Waals surface area contributed by atoms with Crippen LogP contribution >= 0.6 is 0 Å². The zero-order chi connectivity index (χ0) is 35.4. The molecule has 2 aliphatic heterocycles. The van der Waals surface area contributed by atoms with Gasteiger partial charge in [-0.25, -0.2) is 14.8 Å². The average Bonchev–Trinajstić information content (AvgIpc) is 3.62. The highest BCUT2D eigenvalue weighted by atomic mass is 16.6. The van der Waals surface area contributed by atoms with E-state index in [9.17, 15) is 9.59 Å². The summed E-state index contributed by atoms with van der Waals surface area (Å²) in [6, 6.07) is 13.5. The molecule has 3 fully saturated rings. The number of imidazole rings is 1. The van der Waals surface area contributed by atoms with Crippen molar-refractivity contribution in [1.29, 1.82) is 0 Å². The number of hydrogen-bond acceptors (Lipinski definition) is 9. The van der Waals surface area contributed by atoms with E-state index >= 15 is 0 Å². The molecular formula is C38H45N7O5. The molecule has 1 aliphatic carbocycles. The molecule has 2 unspecified atom stereocenters. The monoisotopic (exact) mass is 679 g/mol. The second-order valence-electron chi connectivity index (χ2n) is 14.6. The van der Waals surface area contributed by atoms with Gasteiger partial charge in [0.05, 0.1) is 48.3 Å². The third-order valence-electron chi connectivity index (χ3n) is 10.2. The molecular weight excluding hydrogens is 634 g/mol. The van der Waals surface area contributed by atoms with E-state index in [1.165, 1.54) is 0 Å². The summed E-state index contributed by atoms with van der Waals surface area (Å²) in [5, 5.41) is 0. The first-order valence-electron chi connectivity index (χ1n) is 17.2. The number of carbonyl (C=O) groups is 2. The van der Waals surface area contributed by atoms with Crippen LogP contribution in [0.15, 0.2) is 67.6 Å². The predicted molar refractivity (Wildman–Crippen MR) is 190 cm³/mol. The molecule has 12 heteroatoms. The number of likely N-dealkylation sites (tertiary alicyclic amines) is 1. The summed E-state index contributed by atoms with van der Waals surface area (Å²) in [5.41, 5.74) is 4.02. The van der Waals surface area contributed by atoms with Crippen LogP contribution in [0.2, 0.25) is 0 Å². The van der Waals surface area contributed by atoms with Crippen LogP contribution in [-0.4, -0.2) is 92.9 Å². The Kier molecular flexibility index (Phi) is 8.44. The van der Waals surface area contributed by atoms with Crippen molar-refractivity contribution >= 4 is 28.7 Å². The summed E-state index contributed by atoms with van der Waals surface area (Å²) in [6.07, 6.45) is 5.64. The van der Waals surface area contributed by atoms with Gasteiger partial charge in [-0.15, -0.1) is 6.58 Å². The van der Waals surface area contributed by atoms with E-state index in [-0.39, 0.29) is 35.5 Å². The number of methoxy groups -OCH3 is 1. The molecule has 7 rings (SSSR count). The second kappa shape index (κ2) is 12.6. The van der Waals surface area contributed by atoms with Gasteiger partial charge in [0.1, 0.15) is 23.0 Å². The molecule has 4 atom stereocenters. The van der Waals surface area contributed by atoms with Gasteiger partial charge in [-0.1, -0.05) is 18.2 Å². The Morgan fingerprint density at radius 3 is 2.44 bits per heavy atom. The first kappa shape index (κ1) is 33.4. The SMILES string of the molecule is C=C[C@H](c1ccc(OC)cc1)N1CC2([C@@H](C)Oc3nc(-c4ccc(N5CCN(C(=O)OC(C)(C)C)CC5)cn4)cc4ncn(C)c34)CC2C1=O. The second-order valence-corrected chi connectivity index (χ2v) is 14.6. The number of pyridine rings is 2. The van der Waals surface area contributed by atoms with Crippen LogP contribution in [-0.2, 0) is 16.6 Å². The van der Waals surface area contributed by atoms with Crippen LogP contribution in [0.5, 0.6) is 11.6 Å². The Morgan fingerprint density at radius 1 is 1.06 bits per heavy atom. The molecule has 12 nitrogen and oxygen atoms in total. The van der Waals surface area contributed by atoms with Crippen molar-refractivity contribution in [1.82, 2.24) is 29.3 Å². The molecule has 5 heterocycles. The number of piperazine rings is 1. The third-order valence-corrected chi connectivity index (χ3v) is 10.2. The number of anilines is 1. The van der Waals surface area contributed by atoms with Gasteiger partial charge in [0.2, 0.25) is 11.8 Å². The minimum Gasteiger partial charge on any atom is -0.497 e. The van der Waals surface area contributed by atoms with Gasteiger partial charge in [0.25, 0.3) is 0 Å². The molecule has 2 saturated heterocycles. The predicted octanol–water partition coefficient (Wildman–Crippen LogP) is 5.64. The van der Waals surface area contributed by atoms with E-state index in [1.807, 2.05) is 98.9 Å². The Bertz CT molecular complexity index is 1910. The Morgan fingerprint density at radius 2 is 1.80 bits per heavy atom. The molecule has 0 bridgehead atoms. The zero-order valence-electron chi connectivity index (χ0n) is 29.6. The van der Waals surface area contributed by atoms with E-state index in [2.05, 4.69) is 16.5 Å². The summed E-state index contributed by atoms with van der Waals surface area (Å²) in [4.78, 5) is 46.4. The van der Waals surface area contributed by atoms with Crippen molar-refractivity contribution in [2.24, 2.45) is 18.4 Å². The van der Waals surface area contributed by atoms with Gasteiger partial charge in [0.15, 0.2) is 0 Å². The molecule has 0 N–H and O–H groups in total. The lowest BCUT2D eigenvalue weighted by atomic mass is 9.98. The van der Waals surface area contributed by atoms with Crippen molar-refractivity contribution < 1.29 is 23.8 Å². The molecule has 1 saturated carbocycles. The van der Waals surface area contributed by atoms with Gasteiger partial charge < -0.3 is 33.5 Å². The van der Waals surface area contributed by atoms with Crippen LogP contribution < -0.4 is 14.4 Å². The van der Waals surface area contributed by atoms with E-state index < -0.39 is 5.60 Å². The van der Waals surface area contributed by atoms with Crippen molar-refractivity contribution in [3.63, 3.8) is 0 Å². The highest BCUT2D eigenvalue weighted by Gasteiger charge is 2.69. The topological polar surface area (TPSA) is 115 Å². The molecule has 0 spiro atoms.